The maximum atomic E-state index is 11.7. The fraction of sp³-hybridized carbons (Fsp3) is 0.533. The van der Waals surface area contributed by atoms with Gasteiger partial charge in [0.2, 0.25) is 0 Å². The zero-order valence-electron chi connectivity index (χ0n) is 11.2. The van der Waals surface area contributed by atoms with Crippen LogP contribution in [-0.4, -0.2) is 25.3 Å². The lowest BCUT2D eigenvalue weighted by atomic mass is 10.1. The highest BCUT2D eigenvalue weighted by Gasteiger charge is 2.16. The van der Waals surface area contributed by atoms with Crippen molar-refractivity contribution in [3.8, 4) is 0 Å². The maximum Gasteiger partial charge on any atom is 0.310 e. The minimum Gasteiger partial charge on any atom is -0.465 e. The third kappa shape index (κ3) is 4.22. The average molecular weight is 283 g/mol. The summed E-state index contributed by atoms with van der Waals surface area (Å²) < 4.78 is 10.7. The summed E-state index contributed by atoms with van der Waals surface area (Å²) in [6.07, 6.45) is 3.45. The van der Waals surface area contributed by atoms with Gasteiger partial charge in [0, 0.05) is 18.1 Å². The molecule has 1 saturated heterocycles. The van der Waals surface area contributed by atoms with Gasteiger partial charge in [0.05, 0.1) is 19.1 Å². The molecule has 0 unspecified atom stereocenters. The molecule has 2 rings (SSSR count). The molecule has 3 nitrogen and oxygen atoms in total. The zero-order valence-corrected chi connectivity index (χ0v) is 11.9. The summed E-state index contributed by atoms with van der Waals surface area (Å²) in [7, 11) is 0. The van der Waals surface area contributed by atoms with Crippen molar-refractivity contribution in [2.75, 3.05) is 13.2 Å². The second-order valence-electron chi connectivity index (χ2n) is 4.87. The molecule has 0 radical (unpaired) electrons. The molecule has 1 fully saturated rings. The summed E-state index contributed by atoms with van der Waals surface area (Å²) >= 11 is 6.15. The lowest BCUT2D eigenvalue weighted by Gasteiger charge is -2.10. The van der Waals surface area contributed by atoms with Crippen LogP contribution in [0.15, 0.2) is 18.2 Å². The third-order valence-electron chi connectivity index (χ3n) is 3.33. The van der Waals surface area contributed by atoms with Gasteiger partial charge >= 0.3 is 5.97 Å². The highest BCUT2D eigenvalue weighted by atomic mass is 35.5. The molecular weight excluding hydrogens is 264 g/mol. The molecule has 0 aromatic heterocycles. The Morgan fingerprint density at radius 2 is 2.37 bits per heavy atom. The largest absolute Gasteiger partial charge is 0.465 e. The Hall–Kier alpha value is -1.06. The van der Waals surface area contributed by atoms with Crippen LogP contribution in [0.1, 0.15) is 30.4 Å². The molecule has 0 saturated carbocycles. The molecule has 4 heteroatoms. The molecule has 0 bridgehead atoms. The molecule has 1 aliphatic heterocycles. The topological polar surface area (TPSA) is 35.5 Å². The molecule has 1 aromatic carbocycles. The first-order chi connectivity index (χ1) is 9.16. The van der Waals surface area contributed by atoms with Gasteiger partial charge in [0.25, 0.3) is 0 Å². The maximum absolute atomic E-state index is 11.7. The molecule has 104 valence electrons. The van der Waals surface area contributed by atoms with Gasteiger partial charge < -0.3 is 9.47 Å². The zero-order chi connectivity index (χ0) is 13.7. The highest BCUT2D eigenvalue weighted by molar-refractivity contribution is 6.32. The van der Waals surface area contributed by atoms with E-state index >= 15 is 0 Å². The summed E-state index contributed by atoms with van der Waals surface area (Å²) in [5, 5.41) is 0.651. The lowest BCUT2D eigenvalue weighted by Crippen LogP contribution is -2.14. The van der Waals surface area contributed by atoms with Gasteiger partial charge in [-0.3, -0.25) is 4.79 Å². The quantitative estimate of drug-likeness (QED) is 0.777. The van der Waals surface area contributed by atoms with Gasteiger partial charge in [-0.15, -0.1) is 0 Å². The van der Waals surface area contributed by atoms with Crippen molar-refractivity contribution in [2.45, 2.75) is 38.7 Å². The number of hydrogen-bond acceptors (Lipinski definition) is 3. The van der Waals surface area contributed by atoms with E-state index in [1.54, 1.807) is 0 Å². The fourth-order valence-electron chi connectivity index (χ4n) is 2.23. The van der Waals surface area contributed by atoms with Crippen molar-refractivity contribution in [2.24, 2.45) is 0 Å². The van der Waals surface area contributed by atoms with E-state index in [1.165, 1.54) is 0 Å². The van der Waals surface area contributed by atoms with Crippen LogP contribution in [-0.2, 0) is 20.7 Å². The van der Waals surface area contributed by atoms with Gasteiger partial charge in [-0.05, 0) is 30.9 Å². The van der Waals surface area contributed by atoms with E-state index in [2.05, 4.69) is 0 Å². The van der Waals surface area contributed by atoms with Crippen molar-refractivity contribution < 1.29 is 14.3 Å². The van der Waals surface area contributed by atoms with Crippen LogP contribution in [0, 0.1) is 6.92 Å². The van der Waals surface area contributed by atoms with Gasteiger partial charge in [0.15, 0.2) is 0 Å². The van der Waals surface area contributed by atoms with Crippen LogP contribution in [0.3, 0.4) is 0 Å². The molecular formula is C15H19ClO3. The minimum absolute atomic E-state index is 0.228. The Morgan fingerprint density at radius 3 is 3.11 bits per heavy atom. The van der Waals surface area contributed by atoms with Crippen LogP contribution in [0.4, 0.5) is 0 Å². The summed E-state index contributed by atoms with van der Waals surface area (Å²) in [6.45, 7) is 3.18. The van der Waals surface area contributed by atoms with Crippen LogP contribution in [0.5, 0.6) is 0 Å². The van der Waals surface area contributed by atoms with E-state index in [0.29, 0.717) is 11.6 Å². The van der Waals surface area contributed by atoms with E-state index in [9.17, 15) is 4.79 Å². The van der Waals surface area contributed by atoms with Crippen molar-refractivity contribution in [1.29, 1.82) is 0 Å². The first kappa shape index (κ1) is 14.4. The second-order valence-corrected chi connectivity index (χ2v) is 5.25. The van der Waals surface area contributed by atoms with Crippen LogP contribution >= 0.6 is 11.6 Å². The first-order valence-electron chi connectivity index (χ1n) is 6.68. The number of ether oxygens (including phenoxy) is 2. The standard InChI is InChI=1S/C15H19ClO3/c1-11-4-2-5-12(15(11)16)10-14(17)19-9-7-13-6-3-8-18-13/h2,4-5,13H,3,6-10H2,1H3/t13-/m1/s1. The predicted octanol–water partition coefficient (Wildman–Crippen LogP) is 3.30. The molecule has 1 aliphatic rings. The average Bonchev–Trinajstić information content (AvgIpc) is 2.88. The van der Waals surface area contributed by atoms with Gasteiger partial charge in [-0.25, -0.2) is 0 Å². The molecule has 19 heavy (non-hydrogen) atoms. The van der Waals surface area contributed by atoms with Gasteiger partial charge in [0.1, 0.15) is 0 Å². The van der Waals surface area contributed by atoms with Crippen LogP contribution < -0.4 is 0 Å². The number of aryl methyl sites for hydroxylation is 1. The second kappa shape index (κ2) is 6.92. The Morgan fingerprint density at radius 1 is 1.53 bits per heavy atom. The number of rotatable bonds is 5. The minimum atomic E-state index is -0.231. The normalized spacial score (nSPS) is 18.5. The van der Waals surface area contributed by atoms with E-state index in [1.807, 2.05) is 25.1 Å². The fourth-order valence-corrected chi connectivity index (χ4v) is 2.42. The number of carbonyl (C=O) groups is 1. The van der Waals surface area contributed by atoms with Crippen LogP contribution in [0.25, 0.3) is 0 Å². The summed E-state index contributed by atoms with van der Waals surface area (Å²) in [4.78, 5) is 11.7. The Bertz CT molecular complexity index is 439. The molecule has 0 amide bonds. The van der Waals surface area contributed by atoms with Gasteiger partial charge in [-0.2, -0.15) is 0 Å². The van der Waals surface area contributed by atoms with E-state index < -0.39 is 0 Å². The predicted molar refractivity (Wildman–Crippen MR) is 74.4 cm³/mol. The number of carbonyl (C=O) groups excluding carboxylic acids is 1. The first-order valence-corrected chi connectivity index (χ1v) is 7.06. The van der Waals surface area contributed by atoms with E-state index in [-0.39, 0.29) is 18.5 Å². The molecule has 0 spiro atoms. The molecule has 0 aliphatic carbocycles. The van der Waals surface area contributed by atoms with E-state index in [4.69, 9.17) is 21.1 Å². The number of esters is 1. The SMILES string of the molecule is Cc1cccc(CC(=O)OCC[C@H]2CCCO2)c1Cl. The molecule has 1 aromatic rings. The summed E-state index contributed by atoms with van der Waals surface area (Å²) in [5.74, 6) is -0.231. The van der Waals surface area contributed by atoms with Crippen molar-refractivity contribution in [1.82, 2.24) is 0 Å². The molecule has 0 N–H and O–H groups in total. The highest BCUT2D eigenvalue weighted by Crippen LogP contribution is 2.21. The van der Waals surface area contributed by atoms with Crippen LogP contribution in [0.2, 0.25) is 5.02 Å². The van der Waals surface area contributed by atoms with Crippen molar-refractivity contribution >= 4 is 17.6 Å². The van der Waals surface area contributed by atoms with Crippen molar-refractivity contribution in [3.63, 3.8) is 0 Å². The number of hydrogen-bond donors (Lipinski definition) is 0. The number of benzene rings is 1. The Balaban J connectivity index is 1.76. The molecule has 1 heterocycles. The lowest BCUT2D eigenvalue weighted by molar-refractivity contribution is -0.143. The summed E-state index contributed by atoms with van der Waals surface area (Å²) in [5.41, 5.74) is 1.80. The number of halogens is 1. The monoisotopic (exact) mass is 282 g/mol. The Labute approximate surface area is 118 Å². The van der Waals surface area contributed by atoms with Crippen molar-refractivity contribution in [3.05, 3.63) is 34.3 Å². The third-order valence-corrected chi connectivity index (χ3v) is 3.87. The smallest absolute Gasteiger partial charge is 0.310 e. The molecule has 1 atom stereocenters. The Kier molecular flexibility index (Phi) is 5.23. The van der Waals surface area contributed by atoms with E-state index in [0.717, 1.165) is 37.0 Å². The summed E-state index contributed by atoms with van der Waals surface area (Å²) in [6, 6.07) is 5.68. The van der Waals surface area contributed by atoms with Gasteiger partial charge in [-0.1, -0.05) is 29.8 Å².